The van der Waals surface area contributed by atoms with Gasteiger partial charge in [-0.1, -0.05) is 30.3 Å². The second-order valence-electron chi connectivity index (χ2n) is 8.58. The van der Waals surface area contributed by atoms with Crippen LogP contribution < -0.4 is 15.4 Å². The van der Waals surface area contributed by atoms with Crippen molar-refractivity contribution in [3.8, 4) is 22.5 Å². The predicted octanol–water partition coefficient (Wildman–Crippen LogP) is 2.77. The van der Waals surface area contributed by atoms with E-state index in [1.807, 2.05) is 30.6 Å². The molecule has 0 N–H and O–H groups in total. The number of benzene rings is 1. The minimum absolute atomic E-state index is 0.0898. The number of hydrogen-bond acceptors (Lipinski definition) is 7. The lowest BCUT2D eigenvalue weighted by molar-refractivity contribution is 0.614. The number of hydrogen-bond donors (Lipinski definition) is 0. The molecular weight excluding hydrogens is 414 g/mol. The van der Waals surface area contributed by atoms with Crippen molar-refractivity contribution < 1.29 is 0 Å². The molecule has 2 bridgehead atoms. The summed E-state index contributed by atoms with van der Waals surface area (Å²) in [6.45, 7) is 1.69. The molecule has 0 radical (unpaired) electrons. The molecule has 8 nitrogen and oxygen atoms in total. The maximum absolute atomic E-state index is 12.7. The zero-order valence-electron chi connectivity index (χ0n) is 18.2. The molecule has 2 saturated heterocycles. The second-order valence-corrected chi connectivity index (χ2v) is 8.58. The highest BCUT2D eigenvalue weighted by atomic mass is 16.1. The van der Waals surface area contributed by atoms with Crippen LogP contribution in [-0.2, 0) is 7.05 Å². The van der Waals surface area contributed by atoms with Crippen LogP contribution in [0.4, 0.5) is 11.6 Å². The van der Waals surface area contributed by atoms with Gasteiger partial charge in [0.2, 0.25) is 5.95 Å². The second kappa shape index (κ2) is 7.81. The van der Waals surface area contributed by atoms with Gasteiger partial charge in [-0.15, -0.1) is 0 Å². The molecule has 2 aliphatic rings. The van der Waals surface area contributed by atoms with Gasteiger partial charge in [0, 0.05) is 50.2 Å². The van der Waals surface area contributed by atoms with Gasteiger partial charge in [-0.3, -0.25) is 14.3 Å². The van der Waals surface area contributed by atoms with Crippen LogP contribution in [0.2, 0.25) is 0 Å². The van der Waals surface area contributed by atoms with Crippen molar-refractivity contribution in [2.75, 3.05) is 22.9 Å². The lowest BCUT2D eigenvalue weighted by atomic mass is 10.1. The molecule has 1 aromatic carbocycles. The number of anilines is 2. The van der Waals surface area contributed by atoms with E-state index >= 15 is 0 Å². The SMILES string of the molecule is Cn1c(N2CC3C[C@H]2CN3c2cncc(-c3ccccc3)c2)nc(-c2ccncn2)cc1=O. The largest absolute Gasteiger partial charge is 0.363 e. The van der Waals surface area contributed by atoms with Crippen molar-refractivity contribution in [3.05, 3.63) is 83.8 Å². The fourth-order valence-corrected chi connectivity index (χ4v) is 4.96. The van der Waals surface area contributed by atoms with Gasteiger partial charge >= 0.3 is 0 Å². The first-order valence-corrected chi connectivity index (χ1v) is 11.1. The molecule has 6 rings (SSSR count). The van der Waals surface area contributed by atoms with Gasteiger partial charge in [-0.05, 0) is 24.1 Å². The quantitative estimate of drug-likeness (QED) is 0.486. The van der Waals surface area contributed by atoms with E-state index in [1.165, 1.54) is 18.0 Å². The summed E-state index contributed by atoms with van der Waals surface area (Å²) in [5.74, 6) is 0.694. The Hall–Kier alpha value is -4.07. The van der Waals surface area contributed by atoms with Crippen molar-refractivity contribution in [2.45, 2.75) is 18.5 Å². The molecule has 1 unspecified atom stereocenters. The Bertz CT molecular complexity index is 1360. The van der Waals surface area contributed by atoms with Gasteiger partial charge in [0.25, 0.3) is 5.56 Å². The van der Waals surface area contributed by atoms with Crippen LogP contribution in [0, 0.1) is 0 Å². The molecular formula is C25H23N7O. The molecule has 2 aliphatic heterocycles. The maximum atomic E-state index is 12.7. The maximum Gasteiger partial charge on any atom is 0.255 e. The topological polar surface area (TPSA) is 80.0 Å². The van der Waals surface area contributed by atoms with Crippen LogP contribution in [0.3, 0.4) is 0 Å². The summed E-state index contributed by atoms with van der Waals surface area (Å²) in [7, 11) is 1.78. The Kier molecular flexibility index (Phi) is 4.64. The Labute approximate surface area is 191 Å². The lowest BCUT2D eigenvalue weighted by Gasteiger charge is -2.36. The normalized spacial score (nSPS) is 19.3. The highest BCUT2D eigenvalue weighted by Gasteiger charge is 2.44. The summed E-state index contributed by atoms with van der Waals surface area (Å²) in [6.07, 6.45) is 8.03. The Morgan fingerprint density at radius 3 is 2.45 bits per heavy atom. The highest BCUT2D eigenvalue weighted by molar-refractivity contribution is 5.68. The van der Waals surface area contributed by atoms with Crippen molar-refractivity contribution >= 4 is 11.6 Å². The average molecular weight is 438 g/mol. The number of rotatable bonds is 4. The van der Waals surface area contributed by atoms with E-state index in [9.17, 15) is 4.79 Å². The summed E-state index contributed by atoms with van der Waals surface area (Å²) in [6, 6.07) is 16.5. The van der Waals surface area contributed by atoms with Crippen molar-refractivity contribution in [1.29, 1.82) is 0 Å². The molecule has 5 heterocycles. The third kappa shape index (κ3) is 3.44. The van der Waals surface area contributed by atoms with Crippen LogP contribution in [0.1, 0.15) is 6.42 Å². The molecule has 0 amide bonds. The molecule has 164 valence electrons. The average Bonchev–Trinajstić information content (AvgIpc) is 3.48. The highest BCUT2D eigenvalue weighted by Crippen LogP contribution is 2.37. The monoisotopic (exact) mass is 437 g/mol. The molecule has 0 spiro atoms. The third-order valence-electron chi connectivity index (χ3n) is 6.62. The van der Waals surface area contributed by atoms with Gasteiger partial charge < -0.3 is 9.80 Å². The molecule has 2 atom stereocenters. The van der Waals surface area contributed by atoms with E-state index < -0.39 is 0 Å². The molecule has 4 aromatic rings. The molecule has 0 aliphatic carbocycles. The Morgan fingerprint density at radius 2 is 1.70 bits per heavy atom. The predicted molar refractivity (Wildman–Crippen MR) is 127 cm³/mol. The number of piperazine rings is 1. The first kappa shape index (κ1) is 19.6. The van der Waals surface area contributed by atoms with E-state index in [0.717, 1.165) is 30.8 Å². The first-order chi connectivity index (χ1) is 16.2. The number of nitrogens with zero attached hydrogens (tertiary/aromatic N) is 7. The Balaban J connectivity index is 1.28. The zero-order valence-corrected chi connectivity index (χ0v) is 18.2. The van der Waals surface area contributed by atoms with Crippen LogP contribution >= 0.6 is 0 Å². The Morgan fingerprint density at radius 1 is 0.879 bits per heavy atom. The fraction of sp³-hybridized carbons (Fsp3) is 0.240. The van der Waals surface area contributed by atoms with Gasteiger partial charge in [-0.25, -0.2) is 15.0 Å². The van der Waals surface area contributed by atoms with Gasteiger partial charge in [0.15, 0.2) is 0 Å². The van der Waals surface area contributed by atoms with Crippen LogP contribution in [0.15, 0.2) is 78.2 Å². The fourth-order valence-electron chi connectivity index (χ4n) is 4.96. The molecule has 33 heavy (non-hydrogen) atoms. The van der Waals surface area contributed by atoms with Crippen molar-refractivity contribution in [1.82, 2.24) is 24.5 Å². The van der Waals surface area contributed by atoms with E-state index in [4.69, 9.17) is 4.98 Å². The van der Waals surface area contributed by atoms with Crippen LogP contribution in [0.5, 0.6) is 0 Å². The summed E-state index contributed by atoms with van der Waals surface area (Å²) in [5.41, 5.74) is 4.56. The minimum Gasteiger partial charge on any atom is -0.363 e. The molecule has 2 fully saturated rings. The summed E-state index contributed by atoms with van der Waals surface area (Å²) >= 11 is 0. The van der Waals surface area contributed by atoms with Crippen molar-refractivity contribution in [3.63, 3.8) is 0 Å². The summed E-state index contributed by atoms with van der Waals surface area (Å²) < 4.78 is 1.63. The standard InChI is InChI=1S/C25H23N7O/c1-30-24(33)11-23(22-7-8-26-16-28-22)29-25(30)32-15-20-10-21(32)14-31(20)19-9-18(12-27-13-19)17-5-3-2-4-6-17/h2-9,11-13,16,20-21H,10,14-15H2,1H3/t20?,21-/m0/s1. The number of pyridine rings is 1. The van der Waals surface area contributed by atoms with Gasteiger partial charge in [-0.2, -0.15) is 0 Å². The van der Waals surface area contributed by atoms with Gasteiger partial charge in [0.05, 0.1) is 29.3 Å². The third-order valence-corrected chi connectivity index (χ3v) is 6.62. The van der Waals surface area contributed by atoms with Crippen LogP contribution in [-0.4, -0.2) is 49.7 Å². The smallest absolute Gasteiger partial charge is 0.255 e. The van der Waals surface area contributed by atoms with Crippen LogP contribution in [0.25, 0.3) is 22.5 Å². The summed E-state index contributed by atoms with van der Waals surface area (Å²) in [5, 5.41) is 0. The van der Waals surface area contributed by atoms with Crippen molar-refractivity contribution in [2.24, 2.45) is 7.05 Å². The number of aromatic nitrogens is 5. The van der Waals surface area contributed by atoms with E-state index in [2.05, 4.69) is 43.0 Å². The molecule has 8 heteroatoms. The molecule has 0 saturated carbocycles. The first-order valence-electron chi connectivity index (χ1n) is 11.1. The molecule has 3 aromatic heterocycles. The summed E-state index contributed by atoms with van der Waals surface area (Å²) in [4.78, 5) is 35.0. The van der Waals surface area contributed by atoms with E-state index in [-0.39, 0.29) is 11.6 Å². The zero-order chi connectivity index (χ0) is 22.4. The van der Waals surface area contributed by atoms with E-state index in [1.54, 1.807) is 23.9 Å². The van der Waals surface area contributed by atoms with Gasteiger partial charge in [0.1, 0.15) is 6.33 Å². The van der Waals surface area contributed by atoms with E-state index in [0.29, 0.717) is 23.4 Å². The number of fused-ring (bicyclic) bond motifs is 2. The minimum atomic E-state index is -0.0898. The lowest BCUT2D eigenvalue weighted by Crippen LogP contribution is -2.48.